The van der Waals surface area contributed by atoms with Gasteiger partial charge in [0.15, 0.2) is 0 Å². The van der Waals surface area contributed by atoms with Crippen molar-refractivity contribution in [2.45, 2.75) is 18.8 Å². The molecule has 2 N–H and O–H groups in total. The van der Waals surface area contributed by atoms with Gasteiger partial charge in [-0.2, -0.15) is 0 Å². The number of hydrogen-bond donors (Lipinski definition) is 2. The SMILES string of the molecule is O=C(NCC(c1ccccc1)c1ccccc1)c1c(Cl)ccc2nc(N3CCC(C(=O)O)CC3)ccc12. The Bertz CT molecular complexity index is 1360. The summed E-state index contributed by atoms with van der Waals surface area (Å²) in [4.78, 5) is 31.6. The Kier molecular flexibility index (Phi) is 7.37. The average molecular weight is 514 g/mol. The summed E-state index contributed by atoms with van der Waals surface area (Å²) in [6.07, 6.45) is 1.18. The van der Waals surface area contributed by atoms with Gasteiger partial charge in [0, 0.05) is 30.9 Å². The van der Waals surface area contributed by atoms with E-state index in [1.165, 1.54) is 0 Å². The molecule has 0 radical (unpaired) electrons. The number of nitrogens with zero attached hydrogens (tertiary/aromatic N) is 2. The smallest absolute Gasteiger partial charge is 0.306 e. The largest absolute Gasteiger partial charge is 0.481 e. The second-order valence-electron chi connectivity index (χ2n) is 9.34. The molecule has 1 aliphatic heterocycles. The van der Waals surface area contributed by atoms with Crippen molar-refractivity contribution in [3.63, 3.8) is 0 Å². The monoisotopic (exact) mass is 513 g/mol. The van der Waals surface area contributed by atoms with Crippen molar-refractivity contribution >= 4 is 40.2 Å². The van der Waals surface area contributed by atoms with Crippen molar-refractivity contribution in [3.8, 4) is 0 Å². The summed E-state index contributed by atoms with van der Waals surface area (Å²) in [6, 6.07) is 27.5. The lowest BCUT2D eigenvalue weighted by atomic mass is 9.91. The second-order valence-corrected chi connectivity index (χ2v) is 9.75. The molecule has 1 aliphatic rings. The molecule has 188 valence electrons. The summed E-state index contributed by atoms with van der Waals surface area (Å²) in [5.74, 6) is -0.513. The summed E-state index contributed by atoms with van der Waals surface area (Å²) < 4.78 is 0. The first-order valence-electron chi connectivity index (χ1n) is 12.5. The number of nitrogens with one attached hydrogen (secondary N) is 1. The fraction of sp³-hybridized carbons (Fsp3) is 0.233. The van der Waals surface area contributed by atoms with Crippen LogP contribution >= 0.6 is 11.6 Å². The number of halogens is 1. The highest BCUT2D eigenvalue weighted by molar-refractivity contribution is 6.35. The van der Waals surface area contributed by atoms with Crippen molar-refractivity contribution in [1.29, 1.82) is 0 Å². The number of fused-ring (bicyclic) bond motifs is 1. The number of carbonyl (C=O) groups excluding carboxylic acids is 1. The normalized spacial score (nSPS) is 14.2. The summed E-state index contributed by atoms with van der Waals surface area (Å²) in [6.45, 7) is 1.69. The number of rotatable bonds is 7. The van der Waals surface area contributed by atoms with Gasteiger partial charge in [-0.25, -0.2) is 4.98 Å². The van der Waals surface area contributed by atoms with E-state index in [-0.39, 0.29) is 17.7 Å². The lowest BCUT2D eigenvalue weighted by Gasteiger charge is -2.31. The van der Waals surface area contributed by atoms with E-state index in [1.54, 1.807) is 6.07 Å². The first-order chi connectivity index (χ1) is 18.0. The topological polar surface area (TPSA) is 82.5 Å². The van der Waals surface area contributed by atoms with E-state index in [1.807, 2.05) is 54.6 Å². The van der Waals surface area contributed by atoms with Crippen LogP contribution in [0.2, 0.25) is 5.02 Å². The van der Waals surface area contributed by atoms with E-state index in [2.05, 4.69) is 34.5 Å². The van der Waals surface area contributed by atoms with E-state index >= 15 is 0 Å². The van der Waals surface area contributed by atoms with Crippen LogP contribution in [0.3, 0.4) is 0 Å². The molecule has 2 heterocycles. The highest BCUT2D eigenvalue weighted by atomic mass is 35.5. The number of piperidine rings is 1. The molecular weight excluding hydrogens is 486 g/mol. The van der Waals surface area contributed by atoms with E-state index < -0.39 is 5.97 Å². The maximum Gasteiger partial charge on any atom is 0.306 e. The lowest BCUT2D eigenvalue weighted by Crippen LogP contribution is -2.36. The van der Waals surface area contributed by atoms with Crippen LogP contribution in [0.15, 0.2) is 84.9 Å². The Morgan fingerprint density at radius 3 is 2.14 bits per heavy atom. The molecule has 0 atom stereocenters. The number of anilines is 1. The fourth-order valence-electron chi connectivity index (χ4n) is 5.01. The summed E-state index contributed by atoms with van der Waals surface area (Å²) >= 11 is 6.53. The highest BCUT2D eigenvalue weighted by Gasteiger charge is 2.26. The summed E-state index contributed by atoms with van der Waals surface area (Å²) in [7, 11) is 0. The minimum Gasteiger partial charge on any atom is -0.481 e. The number of aliphatic carboxylic acids is 1. The predicted molar refractivity (Wildman–Crippen MR) is 146 cm³/mol. The Labute approximate surface area is 220 Å². The predicted octanol–water partition coefficient (Wildman–Crippen LogP) is 5.75. The molecule has 3 aromatic carbocycles. The minimum absolute atomic E-state index is 0.00133. The standard InChI is InChI=1S/C30H28ClN3O3/c31-25-12-13-26-23(11-14-27(33-26)34-17-15-22(16-18-34)30(36)37)28(25)29(35)32-19-24(20-7-3-1-4-8-20)21-9-5-2-6-10-21/h1-14,22,24H,15-19H2,(H,32,35)(H,36,37). The van der Waals surface area contributed by atoms with Gasteiger partial charge in [-0.3, -0.25) is 9.59 Å². The van der Waals surface area contributed by atoms with Crippen LogP contribution in [-0.4, -0.2) is 41.6 Å². The zero-order valence-corrected chi connectivity index (χ0v) is 21.1. The Morgan fingerprint density at radius 1 is 0.919 bits per heavy atom. The molecule has 1 amide bonds. The third-order valence-corrected chi connectivity index (χ3v) is 7.39. The number of pyridine rings is 1. The van der Waals surface area contributed by atoms with Gasteiger partial charge in [0.1, 0.15) is 5.82 Å². The van der Waals surface area contributed by atoms with Gasteiger partial charge in [0.25, 0.3) is 5.91 Å². The van der Waals surface area contributed by atoms with Crippen molar-refractivity contribution < 1.29 is 14.7 Å². The van der Waals surface area contributed by atoms with Crippen LogP contribution in [0.25, 0.3) is 10.9 Å². The molecule has 4 aromatic rings. The van der Waals surface area contributed by atoms with Crippen LogP contribution in [0.5, 0.6) is 0 Å². The van der Waals surface area contributed by atoms with Crippen LogP contribution < -0.4 is 10.2 Å². The van der Waals surface area contributed by atoms with Crippen LogP contribution in [0, 0.1) is 5.92 Å². The molecule has 0 saturated carbocycles. The van der Waals surface area contributed by atoms with Gasteiger partial charge in [0.05, 0.1) is 22.0 Å². The van der Waals surface area contributed by atoms with Crippen molar-refractivity contribution in [3.05, 3.63) is 107 Å². The molecule has 0 aliphatic carbocycles. The van der Waals surface area contributed by atoms with Crippen LogP contribution in [0.1, 0.15) is 40.2 Å². The van der Waals surface area contributed by atoms with Gasteiger partial charge >= 0.3 is 5.97 Å². The molecular formula is C30H28ClN3O3. The van der Waals surface area contributed by atoms with Crippen LogP contribution in [0.4, 0.5) is 5.82 Å². The van der Waals surface area contributed by atoms with Gasteiger partial charge in [-0.05, 0) is 48.2 Å². The van der Waals surface area contributed by atoms with E-state index in [0.717, 1.165) is 16.9 Å². The van der Waals surface area contributed by atoms with Crippen molar-refractivity contribution in [2.24, 2.45) is 5.92 Å². The Balaban J connectivity index is 1.37. The number of carboxylic acids is 1. The molecule has 37 heavy (non-hydrogen) atoms. The molecule has 5 rings (SSSR count). The number of carboxylic acid groups (broad SMARTS) is 1. The maximum atomic E-state index is 13.4. The number of hydrogen-bond acceptors (Lipinski definition) is 4. The number of amides is 1. The Morgan fingerprint density at radius 2 is 1.54 bits per heavy atom. The fourth-order valence-corrected chi connectivity index (χ4v) is 5.26. The molecule has 7 heteroatoms. The van der Waals surface area contributed by atoms with Gasteiger partial charge < -0.3 is 15.3 Å². The third kappa shape index (κ3) is 5.44. The number of aromatic nitrogens is 1. The summed E-state index contributed by atoms with van der Waals surface area (Å²) in [5, 5.41) is 13.4. The lowest BCUT2D eigenvalue weighted by molar-refractivity contribution is -0.142. The minimum atomic E-state index is -0.738. The van der Waals surface area contributed by atoms with Gasteiger partial charge in [-0.1, -0.05) is 72.3 Å². The van der Waals surface area contributed by atoms with Crippen molar-refractivity contribution in [2.75, 3.05) is 24.5 Å². The molecule has 6 nitrogen and oxygen atoms in total. The molecule has 1 aromatic heterocycles. The molecule has 0 bridgehead atoms. The van der Waals surface area contributed by atoms with Crippen molar-refractivity contribution in [1.82, 2.24) is 10.3 Å². The third-order valence-electron chi connectivity index (χ3n) is 7.07. The first-order valence-corrected chi connectivity index (χ1v) is 12.8. The first kappa shape index (κ1) is 24.8. The van der Waals surface area contributed by atoms with Gasteiger partial charge in [-0.15, -0.1) is 0 Å². The zero-order valence-electron chi connectivity index (χ0n) is 20.3. The maximum absolute atomic E-state index is 13.4. The molecule has 1 saturated heterocycles. The molecule has 1 fully saturated rings. The summed E-state index contributed by atoms with van der Waals surface area (Å²) in [5.41, 5.74) is 3.32. The number of benzene rings is 3. The van der Waals surface area contributed by atoms with Crippen LogP contribution in [-0.2, 0) is 4.79 Å². The van der Waals surface area contributed by atoms with Gasteiger partial charge in [0.2, 0.25) is 0 Å². The number of carbonyl (C=O) groups is 2. The average Bonchev–Trinajstić information content (AvgIpc) is 2.94. The van der Waals surface area contributed by atoms with E-state index in [9.17, 15) is 14.7 Å². The second kappa shape index (κ2) is 11.0. The zero-order chi connectivity index (χ0) is 25.8. The quantitative estimate of drug-likeness (QED) is 0.329. The Hall–Kier alpha value is -3.90. The van der Waals surface area contributed by atoms with E-state index in [0.29, 0.717) is 54.0 Å². The molecule has 0 spiro atoms. The molecule has 0 unspecified atom stereocenters. The van der Waals surface area contributed by atoms with E-state index in [4.69, 9.17) is 16.6 Å². The highest BCUT2D eigenvalue weighted by Crippen LogP contribution is 2.30.